The van der Waals surface area contributed by atoms with E-state index < -0.39 is 0 Å². The molecule has 0 radical (unpaired) electrons. The van der Waals surface area contributed by atoms with E-state index in [0.29, 0.717) is 11.0 Å². The number of halogens is 1. The lowest BCUT2D eigenvalue weighted by atomic mass is 10.5. The Bertz CT molecular complexity index is 480. The molecule has 0 unspecified atom stereocenters. The van der Waals surface area contributed by atoms with Gasteiger partial charge in [0, 0.05) is 17.3 Å². The van der Waals surface area contributed by atoms with Crippen molar-refractivity contribution in [2.24, 2.45) is 0 Å². The Hall–Kier alpha value is -1.01. The molecule has 0 bridgehead atoms. The van der Waals surface area contributed by atoms with Crippen LogP contribution in [-0.4, -0.2) is 14.5 Å². The van der Waals surface area contributed by atoms with E-state index in [9.17, 15) is 4.79 Å². The van der Waals surface area contributed by atoms with Crippen molar-refractivity contribution in [3.05, 3.63) is 43.9 Å². The largest absolute Gasteiger partial charge is 0.293 e. The van der Waals surface area contributed by atoms with Crippen molar-refractivity contribution in [3.63, 3.8) is 0 Å². The van der Waals surface area contributed by atoms with Crippen LogP contribution in [0.5, 0.6) is 0 Å². The molecule has 14 heavy (non-hydrogen) atoms. The molecule has 0 aliphatic heterocycles. The summed E-state index contributed by atoms with van der Waals surface area (Å²) in [5.41, 5.74) is 1.67. The maximum absolute atomic E-state index is 11.6. The second kappa shape index (κ2) is 4.02. The summed E-state index contributed by atoms with van der Waals surface area (Å²) in [5.74, 6) is 0. The topological polar surface area (TPSA) is 47.8 Å². The van der Waals surface area contributed by atoms with Crippen LogP contribution < -0.4 is 5.56 Å². The highest BCUT2D eigenvalue weighted by Gasteiger charge is 2.02. The zero-order valence-electron chi connectivity index (χ0n) is 7.05. The van der Waals surface area contributed by atoms with E-state index in [2.05, 4.69) is 25.9 Å². The van der Waals surface area contributed by atoms with E-state index in [1.54, 1.807) is 11.7 Å². The number of aromatic nitrogens is 3. The van der Waals surface area contributed by atoms with Gasteiger partial charge in [0.05, 0.1) is 18.4 Å². The van der Waals surface area contributed by atoms with Crippen molar-refractivity contribution in [1.29, 1.82) is 0 Å². The van der Waals surface area contributed by atoms with Crippen LogP contribution >= 0.6 is 27.3 Å². The summed E-state index contributed by atoms with van der Waals surface area (Å²) >= 11 is 4.66. The monoisotopic (exact) mass is 271 g/mol. The summed E-state index contributed by atoms with van der Waals surface area (Å²) in [6.45, 7) is 0.524. The second-order valence-electron chi connectivity index (χ2n) is 2.64. The lowest BCUT2D eigenvalue weighted by Crippen LogP contribution is -2.20. The highest BCUT2D eigenvalue weighted by Crippen LogP contribution is 2.07. The fraction of sp³-hybridized carbons (Fsp3) is 0.125. The van der Waals surface area contributed by atoms with Crippen LogP contribution in [0.15, 0.2) is 33.5 Å². The third-order valence-corrected chi connectivity index (χ3v) is 2.98. The van der Waals surface area contributed by atoms with E-state index in [1.165, 1.54) is 28.4 Å². The first-order valence-corrected chi connectivity index (χ1v) is 5.52. The average Bonchev–Trinajstić information content (AvgIpc) is 2.66. The molecule has 0 N–H and O–H groups in total. The molecule has 0 saturated carbocycles. The predicted molar refractivity (Wildman–Crippen MR) is 57.4 cm³/mol. The summed E-state index contributed by atoms with van der Waals surface area (Å²) in [7, 11) is 0. The Morgan fingerprint density at radius 3 is 3.00 bits per heavy atom. The van der Waals surface area contributed by atoms with Crippen molar-refractivity contribution in [2.75, 3.05) is 0 Å². The van der Waals surface area contributed by atoms with Crippen LogP contribution in [0.3, 0.4) is 0 Å². The summed E-state index contributed by atoms with van der Waals surface area (Å²) in [6.07, 6.45) is 4.76. The first-order chi connectivity index (χ1) is 6.77. The molecule has 0 atom stereocenters. The Kier molecular flexibility index (Phi) is 2.74. The number of rotatable bonds is 2. The van der Waals surface area contributed by atoms with Gasteiger partial charge in [-0.15, -0.1) is 11.3 Å². The first kappa shape index (κ1) is 9.54. The Labute approximate surface area is 92.4 Å². The number of thiazole rings is 1. The fourth-order valence-electron chi connectivity index (χ4n) is 1.02. The highest BCUT2D eigenvalue weighted by atomic mass is 79.9. The van der Waals surface area contributed by atoms with Crippen molar-refractivity contribution in [1.82, 2.24) is 14.5 Å². The van der Waals surface area contributed by atoms with Crippen LogP contribution in [0.25, 0.3) is 0 Å². The van der Waals surface area contributed by atoms with Gasteiger partial charge in [0.2, 0.25) is 0 Å². The van der Waals surface area contributed by atoms with Gasteiger partial charge in [0.25, 0.3) is 5.56 Å². The SMILES string of the molecule is O=c1c(Br)cncn1Cc1cncs1. The number of nitrogens with zero attached hydrogens (tertiary/aromatic N) is 3. The number of hydrogen-bond acceptors (Lipinski definition) is 4. The molecule has 2 heterocycles. The molecule has 0 aliphatic carbocycles. The maximum Gasteiger partial charge on any atom is 0.267 e. The smallest absolute Gasteiger partial charge is 0.267 e. The minimum atomic E-state index is -0.0756. The molecule has 72 valence electrons. The Morgan fingerprint density at radius 2 is 2.29 bits per heavy atom. The molecule has 6 heteroatoms. The van der Waals surface area contributed by atoms with Crippen LogP contribution in [0.4, 0.5) is 0 Å². The Balaban J connectivity index is 2.34. The van der Waals surface area contributed by atoms with Gasteiger partial charge in [-0.1, -0.05) is 0 Å². The summed E-state index contributed by atoms with van der Waals surface area (Å²) in [5, 5.41) is 0. The molecule has 0 aliphatic rings. The third-order valence-electron chi connectivity index (χ3n) is 1.67. The van der Waals surface area contributed by atoms with Gasteiger partial charge in [0.1, 0.15) is 4.47 Å². The predicted octanol–water partition coefficient (Wildman–Crippen LogP) is 1.51. The summed E-state index contributed by atoms with van der Waals surface area (Å²) < 4.78 is 2.02. The number of hydrogen-bond donors (Lipinski definition) is 0. The molecule has 0 spiro atoms. The molecule has 0 amide bonds. The summed E-state index contributed by atoms with van der Waals surface area (Å²) in [4.78, 5) is 20.5. The van der Waals surface area contributed by atoms with Gasteiger partial charge in [0.15, 0.2) is 0 Å². The zero-order chi connectivity index (χ0) is 9.97. The standard InChI is InChI=1S/C8H6BrN3OS/c9-7-2-10-4-12(8(7)13)3-6-1-11-5-14-6/h1-2,4-5H,3H2. The normalized spacial score (nSPS) is 10.4. The van der Waals surface area contributed by atoms with Crippen molar-refractivity contribution in [2.45, 2.75) is 6.54 Å². The first-order valence-electron chi connectivity index (χ1n) is 3.84. The quantitative estimate of drug-likeness (QED) is 0.832. The lowest BCUT2D eigenvalue weighted by molar-refractivity contribution is 0.738. The lowest BCUT2D eigenvalue weighted by Gasteiger charge is -2.01. The Morgan fingerprint density at radius 1 is 1.43 bits per heavy atom. The van der Waals surface area contributed by atoms with Gasteiger partial charge in [-0.3, -0.25) is 14.3 Å². The van der Waals surface area contributed by atoms with Gasteiger partial charge >= 0.3 is 0 Å². The summed E-state index contributed by atoms with van der Waals surface area (Å²) in [6, 6.07) is 0. The van der Waals surface area contributed by atoms with Gasteiger partial charge in [-0.25, -0.2) is 4.98 Å². The molecule has 0 fully saturated rings. The molecule has 0 saturated heterocycles. The second-order valence-corrected chi connectivity index (χ2v) is 4.47. The minimum absolute atomic E-state index is 0.0756. The maximum atomic E-state index is 11.6. The third kappa shape index (κ3) is 1.91. The van der Waals surface area contributed by atoms with E-state index in [1.807, 2.05) is 0 Å². The van der Waals surface area contributed by atoms with Gasteiger partial charge < -0.3 is 0 Å². The molecule has 2 aromatic rings. The minimum Gasteiger partial charge on any atom is -0.293 e. The van der Waals surface area contributed by atoms with Crippen LogP contribution in [0.1, 0.15) is 4.88 Å². The van der Waals surface area contributed by atoms with Crippen LogP contribution in [-0.2, 0) is 6.54 Å². The van der Waals surface area contributed by atoms with Crippen LogP contribution in [0.2, 0.25) is 0 Å². The van der Waals surface area contributed by atoms with Crippen molar-refractivity contribution in [3.8, 4) is 0 Å². The molecule has 4 nitrogen and oxygen atoms in total. The van der Waals surface area contributed by atoms with E-state index in [4.69, 9.17) is 0 Å². The van der Waals surface area contributed by atoms with Crippen LogP contribution in [0, 0.1) is 0 Å². The van der Waals surface area contributed by atoms with Crippen molar-refractivity contribution >= 4 is 27.3 Å². The van der Waals surface area contributed by atoms with Gasteiger partial charge in [-0.05, 0) is 15.9 Å². The molecule has 2 rings (SSSR count). The average molecular weight is 272 g/mol. The van der Waals surface area contributed by atoms with E-state index in [-0.39, 0.29) is 5.56 Å². The van der Waals surface area contributed by atoms with E-state index in [0.717, 1.165) is 4.88 Å². The molecular formula is C8H6BrN3OS. The zero-order valence-corrected chi connectivity index (χ0v) is 9.46. The fourth-order valence-corrected chi connectivity index (χ4v) is 1.96. The van der Waals surface area contributed by atoms with Crippen molar-refractivity contribution < 1.29 is 0 Å². The highest BCUT2D eigenvalue weighted by molar-refractivity contribution is 9.10. The molecule has 0 aromatic carbocycles. The van der Waals surface area contributed by atoms with E-state index >= 15 is 0 Å². The van der Waals surface area contributed by atoms with Gasteiger partial charge in [-0.2, -0.15) is 0 Å². The molecular weight excluding hydrogens is 266 g/mol. The molecule has 2 aromatic heterocycles.